The van der Waals surface area contributed by atoms with Gasteiger partial charge in [0.15, 0.2) is 0 Å². The second kappa shape index (κ2) is 11.6. The summed E-state index contributed by atoms with van der Waals surface area (Å²) in [5.41, 5.74) is 4.06. The molecule has 200 valence electrons. The molecule has 0 saturated carbocycles. The molecule has 1 saturated heterocycles. The lowest BCUT2D eigenvalue weighted by Gasteiger charge is -2.39. The first kappa shape index (κ1) is 26.9. The van der Waals surface area contributed by atoms with Crippen LogP contribution in [-0.4, -0.2) is 50.3 Å². The summed E-state index contributed by atoms with van der Waals surface area (Å²) in [5, 5.41) is 0.0603. The highest BCUT2D eigenvalue weighted by atomic mass is 35.5. The molecule has 1 aliphatic heterocycles. The number of piperazine rings is 1. The molecule has 8 heteroatoms. The Morgan fingerprint density at radius 1 is 0.795 bits per heavy atom. The average molecular weight is 560 g/mol. The van der Waals surface area contributed by atoms with Crippen molar-refractivity contribution in [1.82, 2.24) is 9.80 Å². The van der Waals surface area contributed by atoms with E-state index >= 15 is 0 Å². The van der Waals surface area contributed by atoms with E-state index in [1.165, 1.54) is 23.3 Å². The molecule has 0 radical (unpaired) electrons. The average Bonchev–Trinajstić information content (AvgIpc) is 2.94. The molecule has 0 atom stereocenters. The fraction of sp³-hybridized carbons (Fsp3) is 0.194. The highest BCUT2D eigenvalue weighted by Crippen LogP contribution is 2.30. The smallest absolute Gasteiger partial charge is 0.263 e. The number of amides is 1. The van der Waals surface area contributed by atoms with Crippen LogP contribution in [0.25, 0.3) is 0 Å². The van der Waals surface area contributed by atoms with Gasteiger partial charge in [0.1, 0.15) is 4.90 Å². The summed E-state index contributed by atoms with van der Waals surface area (Å²) >= 11 is 6.29. The number of carbonyl (C=O) groups excluding carboxylic acids is 1. The van der Waals surface area contributed by atoms with Crippen LogP contribution in [0.2, 0.25) is 5.02 Å². The second-order valence-corrected chi connectivity index (χ2v) is 11.7. The van der Waals surface area contributed by atoms with Crippen LogP contribution >= 0.6 is 11.6 Å². The molecule has 0 aromatic heterocycles. The maximum Gasteiger partial charge on any atom is 0.263 e. The van der Waals surface area contributed by atoms with Gasteiger partial charge >= 0.3 is 0 Å². The number of aryl methyl sites for hydroxylation is 1. The Morgan fingerprint density at radius 3 is 2.00 bits per heavy atom. The topological polar surface area (TPSA) is 69.7 Å². The summed E-state index contributed by atoms with van der Waals surface area (Å²) in [6.07, 6.45) is 0. The number of sulfonamides is 1. The standard InChI is InChI=1S/C31H30ClN3O3S/c1-23-9-8-14-27(21-23)33-39(37,38)29-22-26(15-16-28(29)32)31(36)35-19-17-34(18-20-35)30(24-10-4-2-5-11-24)25-12-6-3-7-13-25/h2-16,21-22,30,33H,17-20H2,1H3. The van der Waals surface area contributed by atoms with E-state index in [0.717, 1.165) is 5.56 Å². The summed E-state index contributed by atoms with van der Waals surface area (Å²) in [6, 6.07) is 32.3. The fourth-order valence-electron chi connectivity index (χ4n) is 5.01. The molecule has 6 nitrogen and oxygen atoms in total. The van der Waals surface area contributed by atoms with Crippen molar-refractivity contribution in [3.63, 3.8) is 0 Å². The lowest BCUT2D eigenvalue weighted by molar-refractivity contribution is 0.0597. The Hall–Kier alpha value is -3.65. The number of hydrogen-bond acceptors (Lipinski definition) is 4. The zero-order valence-electron chi connectivity index (χ0n) is 21.6. The van der Waals surface area contributed by atoms with E-state index in [9.17, 15) is 13.2 Å². The molecule has 0 aliphatic carbocycles. The Balaban J connectivity index is 1.32. The summed E-state index contributed by atoms with van der Waals surface area (Å²) in [6.45, 7) is 4.32. The van der Waals surface area contributed by atoms with Gasteiger partial charge < -0.3 is 4.90 Å². The van der Waals surface area contributed by atoms with E-state index in [2.05, 4.69) is 33.9 Å². The van der Waals surface area contributed by atoms with Gasteiger partial charge in [0.25, 0.3) is 15.9 Å². The molecule has 4 aromatic carbocycles. The number of halogens is 1. The third-order valence-electron chi connectivity index (χ3n) is 6.94. The van der Waals surface area contributed by atoms with Crippen molar-refractivity contribution in [2.45, 2.75) is 17.9 Å². The number of nitrogens with zero attached hydrogens (tertiary/aromatic N) is 2. The molecule has 0 bridgehead atoms. The Bertz CT molecular complexity index is 1520. The number of nitrogens with one attached hydrogen (secondary N) is 1. The molecule has 1 fully saturated rings. The van der Waals surface area contributed by atoms with Crippen LogP contribution in [-0.2, 0) is 10.0 Å². The number of hydrogen-bond donors (Lipinski definition) is 1. The largest absolute Gasteiger partial charge is 0.336 e. The highest BCUT2D eigenvalue weighted by molar-refractivity contribution is 7.92. The Labute approximate surface area is 234 Å². The van der Waals surface area contributed by atoms with Crippen LogP contribution in [0.5, 0.6) is 0 Å². The quantitative estimate of drug-likeness (QED) is 0.302. The molecule has 0 spiro atoms. The van der Waals surface area contributed by atoms with Gasteiger partial charge in [-0.1, -0.05) is 84.4 Å². The third kappa shape index (κ3) is 6.17. The van der Waals surface area contributed by atoms with Crippen molar-refractivity contribution in [2.75, 3.05) is 30.9 Å². The van der Waals surface area contributed by atoms with Gasteiger partial charge in [0.2, 0.25) is 0 Å². The SMILES string of the molecule is Cc1cccc(NS(=O)(=O)c2cc(C(=O)N3CCN(C(c4ccccc4)c4ccccc4)CC3)ccc2Cl)c1. The summed E-state index contributed by atoms with van der Waals surface area (Å²) in [7, 11) is -3.99. The predicted molar refractivity (Wildman–Crippen MR) is 156 cm³/mol. The van der Waals surface area contributed by atoms with Crippen molar-refractivity contribution in [3.8, 4) is 0 Å². The Morgan fingerprint density at radius 2 is 1.41 bits per heavy atom. The molecule has 1 amide bonds. The predicted octanol–water partition coefficient (Wildman–Crippen LogP) is 6.00. The second-order valence-electron chi connectivity index (χ2n) is 9.67. The van der Waals surface area contributed by atoms with Crippen molar-refractivity contribution in [2.24, 2.45) is 0 Å². The first-order chi connectivity index (χ1) is 18.8. The van der Waals surface area contributed by atoms with Crippen LogP contribution in [0.15, 0.2) is 108 Å². The third-order valence-corrected chi connectivity index (χ3v) is 8.80. The molecule has 0 unspecified atom stereocenters. The minimum absolute atomic E-state index is 0.0603. The van der Waals surface area contributed by atoms with Gasteiger partial charge in [-0.15, -0.1) is 0 Å². The zero-order valence-corrected chi connectivity index (χ0v) is 23.2. The summed E-state index contributed by atoms with van der Waals surface area (Å²) < 4.78 is 28.9. The van der Waals surface area contributed by atoms with Gasteiger partial charge in [-0.3, -0.25) is 14.4 Å². The molecular weight excluding hydrogens is 530 g/mol. The van der Waals surface area contributed by atoms with Gasteiger partial charge in [0, 0.05) is 37.4 Å². The van der Waals surface area contributed by atoms with Crippen molar-refractivity contribution < 1.29 is 13.2 Å². The van der Waals surface area contributed by atoms with Crippen molar-refractivity contribution in [3.05, 3.63) is 130 Å². The van der Waals surface area contributed by atoms with Crippen LogP contribution < -0.4 is 4.72 Å². The van der Waals surface area contributed by atoms with Crippen molar-refractivity contribution >= 4 is 33.2 Å². The van der Waals surface area contributed by atoms with Crippen LogP contribution in [0.4, 0.5) is 5.69 Å². The molecule has 39 heavy (non-hydrogen) atoms. The first-order valence-electron chi connectivity index (χ1n) is 12.8. The lowest BCUT2D eigenvalue weighted by Crippen LogP contribution is -2.49. The Kier molecular flexibility index (Phi) is 8.02. The van der Waals surface area contributed by atoms with Gasteiger partial charge in [-0.2, -0.15) is 0 Å². The fourth-order valence-corrected chi connectivity index (χ4v) is 6.59. The number of rotatable bonds is 7. The minimum atomic E-state index is -3.99. The van der Waals surface area contributed by atoms with E-state index in [1.807, 2.05) is 49.4 Å². The van der Waals surface area contributed by atoms with Gasteiger partial charge in [-0.05, 0) is 53.9 Å². The molecule has 1 aliphatic rings. The molecule has 5 rings (SSSR count). The van der Waals surface area contributed by atoms with Gasteiger partial charge in [0.05, 0.1) is 11.1 Å². The van der Waals surface area contributed by atoms with Crippen LogP contribution in [0.1, 0.15) is 33.1 Å². The van der Waals surface area contributed by atoms with Crippen LogP contribution in [0, 0.1) is 6.92 Å². The maximum absolute atomic E-state index is 13.5. The number of anilines is 1. The van der Waals surface area contributed by atoms with E-state index < -0.39 is 10.0 Å². The van der Waals surface area contributed by atoms with E-state index in [1.54, 1.807) is 29.2 Å². The lowest BCUT2D eigenvalue weighted by atomic mass is 9.96. The van der Waals surface area contributed by atoms with Crippen LogP contribution in [0.3, 0.4) is 0 Å². The van der Waals surface area contributed by atoms with E-state index in [0.29, 0.717) is 37.4 Å². The van der Waals surface area contributed by atoms with E-state index in [4.69, 9.17) is 11.6 Å². The molecule has 4 aromatic rings. The molecule has 1 N–H and O–H groups in total. The summed E-state index contributed by atoms with van der Waals surface area (Å²) in [4.78, 5) is 17.5. The zero-order chi connectivity index (χ0) is 27.4. The first-order valence-corrected chi connectivity index (χ1v) is 14.7. The number of carbonyl (C=O) groups is 1. The highest BCUT2D eigenvalue weighted by Gasteiger charge is 2.29. The number of benzene rings is 4. The summed E-state index contributed by atoms with van der Waals surface area (Å²) in [5.74, 6) is -0.214. The van der Waals surface area contributed by atoms with Gasteiger partial charge in [-0.25, -0.2) is 8.42 Å². The van der Waals surface area contributed by atoms with E-state index in [-0.39, 0.29) is 21.9 Å². The van der Waals surface area contributed by atoms with Crippen molar-refractivity contribution in [1.29, 1.82) is 0 Å². The molecular formula is C31H30ClN3O3S. The monoisotopic (exact) mass is 559 g/mol. The maximum atomic E-state index is 13.5. The normalized spacial score (nSPS) is 14.4. The minimum Gasteiger partial charge on any atom is -0.336 e. The molecule has 1 heterocycles.